The van der Waals surface area contributed by atoms with E-state index >= 15 is 0 Å². The third-order valence-electron chi connectivity index (χ3n) is 5.16. The minimum Gasteiger partial charge on any atom is -0.492 e. The van der Waals surface area contributed by atoms with Gasteiger partial charge in [-0.3, -0.25) is 4.79 Å². The van der Waals surface area contributed by atoms with Crippen molar-refractivity contribution in [3.8, 4) is 17.1 Å². The van der Waals surface area contributed by atoms with Crippen LogP contribution in [0.25, 0.3) is 11.4 Å². The number of piperidine rings is 1. The van der Waals surface area contributed by atoms with Crippen LogP contribution in [0.15, 0.2) is 44.4 Å². The lowest BCUT2D eigenvalue weighted by molar-refractivity contribution is -0.120. The zero-order chi connectivity index (χ0) is 22.7. The van der Waals surface area contributed by atoms with Crippen LogP contribution in [0.2, 0.25) is 0 Å². The molecule has 1 aromatic carbocycles. The average Bonchev–Trinajstić information content (AvgIpc) is 3.45. The molecule has 170 valence electrons. The first-order valence-electron chi connectivity index (χ1n) is 10.3. The van der Waals surface area contributed by atoms with E-state index in [1.54, 1.807) is 30.5 Å². The fraction of sp³-hybridized carbons (Fsp3) is 0.381. The molecule has 4 rings (SSSR count). The monoisotopic (exact) mass is 476 g/mol. The van der Waals surface area contributed by atoms with Gasteiger partial charge in [0.2, 0.25) is 17.6 Å². The minimum atomic E-state index is -3.74. The predicted molar refractivity (Wildman–Crippen MR) is 120 cm³/mol. The predicted octanol–water partition coefficient (Wildman–Crippen LogP) is 3.54. The summed E-state index contributed by atoms with van der Waals surface area (Å²) in [5.74, 6) is 0.681. The minimum absolute atomic E-state index is 0.125. The zero-order valence-electron chi connectivity index (χ0n) is 17.8. The lowest BCUT2D eigenvalue weighted by atomic mass is 9.98. The van der Waals surface area contributed by atoms with E-state index < -0.39 is 15.9 Å². The molecule has 0 spiro atoms. The van der Waals surface area contributed by atoms with Crippen molar-refractivity contribution in [3.05, 3.63) is 41.6 Å². The number of nitrogens with zero attached hydrogens (tertiary/aromatic N) is 3. The van der Waals surface area contributed by atoms with Crippen molar-refractivity contribution in [2.45, 2.75) is 30.9 Å². The summed E-state index contributed by atoms with van der Waals surface area (Å²) in [5.41, 5.74) is 1.17. The van der Waals surface area contributed by atoms with Crippen molar-refractivity contribution in [1.82, 2.24) is 14.4 Å². The van der Waals surface area contributed by atoms with E-state index in [1.807, 2.05) is 19.1 Å². The molecule has 0 radical (unpaired) electrons. The van der Waals surface area contributed by atoms with Crippen LogP contribution in [0.1, 0.15) is 25.7 Å². The molecule has 1 N–H and O–H groups in total. The number of aromatic nitrogens is 2. The quantitative estimate of drug-likeness (QED) is 0.555. The van der Waals surface area contributed by atoms with E-state index in [1.165, 1.54) is 4.31 Å². The first kappa shape index (κ1) is 22.4. The lowest BCUT2D eigenvalue weighted by Gasteiger charge is -2.30. The van der Waals surface area contributed by atoms with Gasteiger partial charge in [0.15, 0.2) is 0 Å². The van der Waals surface area contributed by atoms with Gasteiger partial charge in [-0.05, 0) is 38.0 Å². The first-order chi connectivity index (χ1) is 15.4. The molecular formula is C21H24N4O5S2. The highest BCUT2D eigenvalue weighted by molar-refractivity contribution is 7.91. The Hall–Kier alpha value is -2.76. The standard InChI is InChI=1S/C21H24N4O5S2/c1-3-29-18-9-5-4-8-17(18)23-21(26)15-7-6-10-25(12-15)32(27,28)19-11-16(13-31-19)20-22-14(2)30-24-20/h4-5,8-9,11,13,15H,3,6-7,10,12H2,1-2H3,(H,23,26). The van der Waals surface area contributed by atoms with Gasteiger partial charge in [-0.2, -0.15) is 9.29 Å². The Labute approximate surface area is 190 Å². The van der Waals surface area contributed by atoms with E-state index in [0.29, 0.717) is 54.7 Å². The Bertz CT molecular complexity index is 1200. The summed E-state index contributed by atoms with van der Waals surface area (Å²) in [4.78, 5) is 17.1. The van der Waals surface area contributed by atoms with Crippen LogP contribution in [0, 0.1) is 12.8 Å². The van der Waals surface area contributed by atoms with Gasteiger partial charge >= 0.3 is 0 Å². The number of carbonyl (C=O) groups is 1. The van der Waals surface area contributed by atoms with Crippen molar-refractivity contribution >= 4 is 33.0 Å². The van der Waals surface area contributed by atoms with Crippen LogP contribution in [0.4, 0.5) is 5.69 Å². The molecule has 3 aromatic rings. The van der Waals surface area contributed by atoms with Gasteiger partial charge < -0.3 is 14.6 Å². The van der Waals surface area contributed by atoms with Crippen LogP contribution in [0.5, 0.6) is 5.75 Å². The van der Waals surface area contributed by atoms with Crippen LogP contribution < -0.4 is 10.1 Å². The summed E-state index contributed by atoms with van der Waals surface area (Å²) in [6, 6.07) is 8.76. The van der Waals surface area contributed by atoms with Crippen molar-refractivity contribution in [1.29, 1.82) is 0 Å². The molecule has 32 heavy (non-hydrogen) atoms. The average molecular weight is 477 g/mol. The normalized spacial score (nSPS) is 17.2. The SMILES string of the molecule is CCOc1ccccc1NC(=O)C1CCCN(S(=O)(=O)c2cc(-c3noc(C)n3)cs2)C1. The highest BCUT2D eigenvalue weighted by Gasteiger charge is 2.34. The number of benzene rings is 1. The number of hydrogen-bond acceptors (Lipinski definition) is 8. The number of hydrogen-bond donors (Lipinski definition) is 1. The van der Waals surface area contributed by atoms with Gasteiger partial charge in [0, 0.05) is 31.0 Å². The molecule has 1 atom stereocenters. The number of nitrogens with one attached hydrogen (secondary N) is 1. The summed E-state index contributed by atoms with van der Waals surface area (Å²) in [6.45, 7) is 4.52. The van der Waals surface area contributed by atoms with Crippen molar-refractivity contribution in [2.75, 3.05) is 25.0 Å². The van der Waals surface area contributed by atoms with Gasteiger partial charge in [0.1, 0.15) is 9.96 Å². The summed E-state index contributed by atoms with van der Waals surface area (Å²) in [7, 11) is -3.74. The molecule has 1 fully saturated rings. The van der Waals surface area contributed by atoms with Gasteiger partial charge in [0.25, 0.3) is 10.0 Å². The highest BCUT2D eigenvalue weighted by atomic mass is 32.2. The molecular weight excluding hydrogens is 452 g/mol. The molecule has 2 aromatic heterocycles. The summed E-state index contributed by atoms with van der Waals surface area (Å²) >= 11 is 1.11. The molecule has 3 heterocycles. The van der Waals surface area contributed by atoms with E-state index in [2.05, 4.69) is 15.5 Å². The molecule has 1 aliphatic rings. The smallest absolute Gasteiger partial charge is 0.252 e. The Morgan fingerprint density at radius 2 is 2.19 bits per heavy atom. The number of aryl methyl sites for hydroxylation is 1. The van der Waals surface area contributed by atoms with Gasteiger partial charge in [-0.1, -0.05) is 17.3 Å². The first-order valence-corrected chi connectivity index (χ1v) is 12.6. The highest BCUT2D eigenvalue weighted by Crippen LogP contribution is 2.32. The molecule has 1 saturated heterocycles. The molecule has 1 aliphatic heterocycles. The van der Waals surface area contributed by atoms with Crippen LogP contribution >= 0.6 is 11.3 Å². The van der Waals surface area contributed by atoms with Gasteiger partial charge in [0.05, 0.1) is 18.2 Å². The van der Waals surface area contributed by atoms with Gasteiger partial charge in [-0.15, -0.1) is 11.3 Å². The number of anilines is 1. The van der Waals surface area contributed by atoms with Crippen molar-refractivity contribution < 1.29 is 22.5 Å². The van der Waals surface area contributed by atoms with E-state index in [-0.39, 0.29) is 16.7 Å². The number of amides is 1. The summed E-state index contributed by atoms with van der Waals surface area (Å²) in [6.07, 6.45) is 1.22. The Morgan fingerprint density at radius 1 is 1.38 bits per heavy atom. The maximum atomic E-state index is 13.2. The topological polar surface area (TPSA) is 115 Å². The Kier molecular flexibility index (Phi) is 6.58. The third kappa shape index (κ3) is 4.69. The lowest BCUT2D eigenvalue weighted by Crippen LogP contribution is -2.43. The largest absolute Gasteiger partial charge is 0.492 e. The second-order valence-electron chi connectivity index (χ2n) is 7.41. The fourth-order valence-electron chi connectivity index (χ4n) is 3.57. The van der Waals surface area contributed by atoms with Crippen molar-refractivity contribution in [3.63, 3.8) is 0 Å². The van der Waals surface area contributed by atoms with Crippen LogP contribution in [-0.2, 0) is 14.8 Å². The van der Waals surface area contributed by atoms with E-state index in [9.17, 15) is 13.2 Å². The molecule has 0 aliphatic carbocycles. The maximum Gasteiger partial charge on any atom is 0.252 e. The summed E-state index contributed by atoms with van der Waals surface area (Å²) < 4.78 is 38.6. The number of sulfonamides is 1. The number of ether oxygens (including phenoxy) is 1. The number of para-hydroxylation sites is 2. The number of carbonyl (C=O) groups excluding carboxylic acids is 1. The second kappa shape index (κ2) is 9.39. The molecule has 0 saturated carbocycles. The Morgan fingerprint density at radius 3 is 2.94 bits per heavy atom. The van der Waals surface area contributed by atoms with Gasteiger partial charge in [-0.25, -0.2) is 8.42 Å². The van der Waals surface area contributed by atoms with Crippen LogP contribution in [0.3, 0.4) is 0 Å². The van der Waals surface area contributed by atoms with Crippen molar-refractivity contribution in [2.24, 2.45) is 5.92 Å². The molecule has 11 heteroatoms. The van der Waals surface area contributed by atoms with E-state index in [0.717, 1.165) is 11.3 Å². The van der Waals surface area contributed by atoms with Crippen LogP contribution in [-0.4, -0.2) is 48.5 Å². The molecule has 9 nitrogen and oxygen atoms in total. The zero-order valence-corrected chi connectivity index (χ0v) is 19.4. The number of rotatable bonds is 7. The molecule has 0 bridgehead atoms. The maximum absolute atomic E-state index is 13.2. The third-order valence-corrected chi connectivity index (χ3v) is 8.44. The second-order valence-corrected chi connectivity index (χ2v) is 10.5. The molecule has 1 unspecified atom stereocenters. The van der Waals surface area contributed by atoms with E-state index in [4.69, 9.17) is 9.26 Å². The summed E-state index contributed by atoms with van der Waals surface area (Å²) in [5, 5.41) is 8.42. The number of thiophene rings is 1. The molecule has 1 amide bonds. The Balaban J connectivity index is 1.47. The fourth-order valence-corrected chi connectivity index (χ4v) is 6.41.